The van der Waals surface area contributed by atoms with Crippen LogP contribution in [0.2, 0.25) is 5.02 Å². The van der Waals surface area contributed by atoms with E-state index in [1.165, 1.54) is 16.7 Å². The number of aromatic hydroxyl groups is 1. The molecule has 152 valence electrons. The first-order valence-electron chi connectivity index (χ1n) is 9.03. The fourth-order valence-electron chi connectivity index (χ4n) is 3.25. The lowest BCUT2D eigenvalue weighted by Gasteiger charge is -2.19. The van der Waals surface area contributed by atoms with Crippen molar-refractivity contribution in [1.82, 2.24) is 4.57 Å². The minimum Gasteiger partial charge on any atom is -0.505 e. The molecular formula is C22H21ClFNO4. The van der Waals surface area contributed by atoms with Crippen molar-refractivity contribution in [3.8, 4) is 5.75 Å². The monoisotopic (exact) mass is 417 g/mol. The number of aromatic nitrogens is 1. The van der Waals surface area contributed by atoms with Crippen molar-refractivity contribution < 1.29 is 23.8 Å². The van der Waals surface area contributed by atoms with E-state index in [0.717, 1.165) is 0 Å². The third-order valence-electron chi connectivity index (χ3n) is 4.45. The highest BCUT2D eigenvalue weighted by atomic mass is 35.5. The van der Waals surface area contributed by atoms with E-state index in [1.807, 2.05) is 0 Å². The second kappa shape index (κ2) is 7.52. The molecule has 0 saturated heterocycles. The molecule has 0 amide bonds. The maximum Gasteiger partial charge on any atom is 0.310 e. The zero-order valence-corrected chi connectivity index (χ0v) is 17.3. The van der Waals surface area contributed by atoms with Crippen LogP contribution in [-0.2, 0) is 16.0 Å². The summed E-state index contributed by atoms with van der Waals surface area (Å²) in [6, 6.07) is 8.95. The Morgan fingerprint density at radius 1 is 1.14 bits per heavy atom. The molecule has 29 heavy (non-hydrogen) atoms. The Bertz CT molecular complexity index is 1110. The maximum atomic E-state index is 14.8. The Kier molecular flexibility index (Phi) is 5.41. The Morgan fingerprint density at radius 3 is 2.34 bits per heavy atom. The number of rotatable bonds is 3. The number of phenols is 1. The standard InChI is InChI=1S/C22H21ClFNO4/c1-12-15(11-18(27)29-22(2,3)4)19-16(9-10-17(26)20(19)24)25(12)21(28)13-5-7-14(23)8-6-13/h5-10,26H,11H2,1-4H3. The van der Waals surface area contributed by atoms with Crippen LogP contribution in [0, 0.1) is 12.7 Å². The van der Waals surface area contributed by atoms with Gasteiger partial charge in [0.25, 0.3) is 5.91 Å². The summed E-state index contributed by atoms with van der Waals surface area (Å²) in [6.07, 6.45) is -0.235. The molecule has 0 unspecified atom stereocenters. The van der Waals surface area contributed by atoms with Gasteiger partial charge in [-0.05, 0) is 69.7 Å². The fraction of sp³-hybridized carbons (Fsp3) is 0.273. The van der Waals surface area contributed by atoms with Crippen LogP contribution in [0.1, 0.15) is 42.4 Å². The zero-order valence-electron chi connectivity index (χ0n) is 16.5. The van der Waals surface area contributed by atoms with Gasteiger partial charge in [0, 0.05) is 21.7 Å². The zero-order chi connectivity index (χ0) is 21.5. The third kappa shape index (κ3) is 4.12. The number of halogens is 2. The number of fused-ring (bicyclic) bond motifs is 1. The lowest BCUT2D eigenvalue weighted by atomic mass is 10.1. The second-order valence-electron chi connectivity index (χ2n) is 7.77. The lowest BCUT2D eigenvalue weighted by Crippen LogP contribution is -2.25. The van der Waals surface area contributed by atoms with Gasteiger partial charge in [0.05, 0.1) is 11.9 Å². The van der Waals surface area contributed by atoms with Gasteiger partial charge in [0.15, 0.2) is 11.6 Å². The summed E-state index contributed by atoms with van der Waals surface area (Å²) < 4.78 is 21.5. The summed E-state index contributed by atoms with van der Waals surface area (Å²) >= 11 is 5.89. The number of benzene rings is 2. The van der Waals surface area contributed by atoms with Gasteiger partial charge in [-0.2, -0.15) is 0 Å². The number of carbonyl (C=O) groups is 2. The molecule has 7 heteroatoms. The molecule has 0 aliphatic carbocycles. The molecule has 0 bridgehead atoms. The molecule has 2 aromatic carbocycles. The quantitative estimate of drug-likeness (QED) is 0.607. The molecule has 0 atom stereocenters. The molecule has 3 rings (SSSR count). The van der Waals surface area contributed by atoms with Gasteiger partial charge in [0.2, 0.25) is 0 Å². The van der Waals surface area contributed by atoms with Gasteiger partial charge in [-0.15, -0.1) is 0 Å². The molecule has 0 spiro atoms. The fourth-order valence-corrected chi connectivity index (χ4v) is 3.37. The molecule has 5 nitrogen and oxygen atoms in total. The number of nitrogens with zero attached hydrogens (tertiary/aromatic N) is 1. The largest absolute Gasteiger partial charge is 0.505 e. The van der Waals surface area contributed by atoms with Gasteiger partial charge in [0.1, 0.15) is 5.60 Å². The van der Waals surface area contributed by atoms with E-state index >= 15 is 0 Å². The van der Waals surface area contributed by atoms with Crippen molar-refractivity contribution in [1.29, 1.82) is 0 Å². The SMILES string of the molecule is Cc1c(CC(=O)OC(C)(C)C)c2c(F)c(O)ccc2n1C(=O)c1ccc(Cl)cc1. The number of ether oxygens (including phenoxy) is 1. The van der Waals surface area contributed by atoms with Gasteiger partial charge >= 0.3 is 5.97 Å². The Morgan fingerprint density at radius 2 is 1.76 bits per heavy atom. The highest BCUT2D eigenvalue weighted by molar-refractivity contribution is 6.30. The van der Waals surface area contributed by atoms with Crippen LogP contribution in [0.25, 0.3) is 10.9 Å². The van der Waals surface area contributed by atoms with Crippen LogP contribution < -0.4 is 0 Å². The minimum atomic E-state index is -0.883. The number of esters is 1. The average Bonchev–Trinajstić information content (AvgIpc) is 2.89. The predicted octanol–water partition coefficient (Wildman–Crippen LogP) is 5.02. The molecule has 0 aliphatic heterocycles. The first kappa shape index (κ1) is 20.9. The second-order valence-corrected chi connectivity index (χ2v) is 8.20. The number of carbonyl (C=O) groups excluding carboxylic acids is 2. The molecule has 0 radical (unpaired) electrons. The Labute approximate surface area is 172 Å². The van der Waals surface area contributed by atoms with Gasteiger partial charge in [-0.3, -0.25) is 14.2 Å². The molecule has 1 heterocycles. The van der Waals surface area contributed by atoms with Crippen molar-refractivity contribution in [2.45, 2.75) is 39.7 Å². The van der Waals surface area contributed by atoms with E-state index in [9.17, 15) is 19.1 Å². The van der Waals surface area contributed by atoms with Crippen molar-refractivity contribution in [3.05, 3.63) is 64.1 Å². The summed E-state index contributed by atoms with van der Waals surface area (Å²) in [6.45, 7) is 6.83. The van der Waals surface area contributed by atoms with E-state index in [0.29, 0.717) is 21.8 Å². The first-order valence-corrected chi connectivity index (χ1v) is 9.41. The summed E-state index contributed by atoms with van der Waals surface area (Å²) in [5.74, 6) is -2.39. The van der Waals surface area contributed by atoms with Gasteiger partial charge in [-0.25, -0.2) is 4.39 Å². The van der Waals surface area contributed by atoms with E-state index < -0.39 is 29.0 Å². The topological polar surface area (TPSA) is 68.5 Å². The molecule has 0 aliphatic rings. The normalized spacial score (nSPS) is 11.7. The minimum absolute atomic E-state index is 0.0238. The van der Waals surface area contributed by atoms with Crippen LogP contribution in [0.5, 0.6) is 5.75 Å². The lowest BCUT2D eigenvalue weighted by molar-refractivity contribution is -0.153. The van der Waals surface area contributed by atoms with Crippen LogP contribution in [0.3, 0.4) is 0 Å². The van der Waals surface area contributed by atoms with E-state index in [-0.39, 0.29) is 17.3 Å². The molecule has 1 aromatic heterocycles. The summed E-state index contributed by atoms with van der Waals surface area (Å²) in [5, 5.41) is 10.4. The Hall–Kier alpha value is -2.86. The Balaban J connectivity index is 2.18. The van der Waals surface area contributed by atoms with Crippen LogP contribution >= 0.6 is 11.6 Å². The smallest absolute Gasteiger partial charge is 0.310 e. The highest BCUT2D eigenvalue weighted by Crippen LogP contribution is 2.34. The molecule has 1 N–H and O–H groups in total. The summed E-state index contributed by atoms with van der Waals surface area (Å²) in [5.41, 5.74) is 0.603. The summed E-state index contributed by atoms with van der Waals surface area (Å²) in [7, 11) is 0. The van der Waals surface area contributed by atoms with Crippen molar-refractivity contribution in [3.63, 3.8) is 0 Å². The van der Waals surface area contributed by atoms with Crippen molar-refractivity contribution >= 4 is 34.4 Å². The molecular weight excluding hydrogens is 397 g/mol. The number of hydrogen-bond acceptors (Lipinski definition) is 4. The van der Waals surface area contributed by atoms with Crippen molar-refractivity contribution in [2.24, 2.45) is 0 Å². The van der Waals surface area contributed by atoms with Gasteiger partial charge < -0.3 is 9.84 Å². The highest BCUT2D eigenvalue weighted by Gasteiger charge is 2.26. The van der Waals surface area contributed by atoms with Crippen LogP contribution in [0.4, 0.5) is 4.39 Å². The van der Waals surface area contributed by atoms with E-state index in [1.54, 1.807) is 52.0 Å². The molecule has 0 fully saturated rings. The van der Waals surface area contributed by atoms with Gasteiger partial charge in [-0.1, -0.05) is 11.6 Å². The van der Waals surface area contributed by atoms with E-state index in [2.05, 4.69) is 0 Å². The molecule has 0 saturated carbocycles. The summed E-state index contributed by atoms with van der Waals surface area (Å²) in [4.78, 5) is 25.5. The molecule has 3 aromatic rings. The first-order chi connectivity index (χ1) is 13.5. The van der Waals surface area contributed by atoms with Crippen molar-refractivity contribution in [2.75, 3.05) is 0 Å². The van der Waals surface area contributed by atoms with Crippen LogP contribution in [0.15, 0.2) is 36.4 Å². The predicted molar refractivity (Wildman–Crippen MR) is 109 cm³/mol. The van der Waals surface area contributed by atoms with E-state index in [4.69, 9.17) is 16.3 Å². The number of hydrogen-bond donors (Lipinski definition) is 1. The number of phenolic OH excluding ortho intramolecular Hbond substituents is 1. The maximum absolute atomic E-state index is 14.8. The average molecular weight is 418 g/mol. The van der Waals surface area contributed by atoms with Crippen LogP contribution in [-0.4, -0.2) is 27.2 Å². The third-order valence-corrected chi connectivity index (χ3v) is 4.70.